The molecular formula is C15H18N2O3. The molecule has 1 aromatic carbocycles. The van der Waals surface area contributed by atoms with E-state index in [4.69, 9.17) is 4.74 Å². The zero-order valence-corrected chi connectivity index (χ0v) is 11.7. The number of fused-ring (bicyclic) bond motifs is 1. The van der Waals surface area contributed by atoms with Crippen LogP contribution in [0.5, 0.6) is 0 Å². The third-order valence-electron chi connectivity index (χ3n) is 3.09. The van der Waals surface area contributed by atoms with E-state index in [0.29, 0.717) is 24.4 Å². The lowest BCUT2D eigenvalue weighted by Crippen LogP contribution is -2.32. The number of H-pyrrole nitrogens is 1. The van der Waals surface area contributed by atoms with Crippen LogP contribution in [0.1, 0.15) is 13.8 Å². The first kappa shape index (κ1) is 14.1. The molecule has 0 bridgehead atoms. The molecule has 0 aliphatic carbocycles. The van der Waals surface area contributed by atoms with Crippen molar-refractivity contribution in [2.24, 2.45) is 0 Å². The van der Waals surface area contributed by atoms with Gasteiger partial charge in [-0.05, 0) is 31.4 Å². The van der Waals surface area contributed by atoms with Crippen molar-refractivity contribution in [3.8, 4) is 0 Å². The van der Waals surface area contributed by atoms with Crippen LogP contribution in [0.2, 0.25) is 0 Å². The predicted molar refractivity (Wildman–Crippen MR) is 79.1 cm³/mol. The smallest absolute Gasteiger partial charge is 0.325 e. The summed E-state index contributed by atoms with van der Waals surface area (Å²) in [5.41, 5.74) is -0.152. The number of aromatic nitrogens is 1. The van der Waals surface area contributed by atoms with E-state index in [1.54, 1.807) is 17.9 Å². The third kappa shape index (κ3) is 2.99. The van der Waals surface area contributed by atoms with E-state index in [1.165, 1.54) is 0 Å². The molecule has 0 unspecified atom stereocenters. The van der Waals surface area contributed by atoms with Crippen molar-refractivity contribution in [2.45, 2.75) is 13.8 Å². The van der Waals surface area contributed by atoms with Gasteiger partial charge in [-0.2, -0.15) is 0 Å². The van der Waals surface area contributed by atoms with Gasteiger partial charge in [0.15, 0.2) is 0 Å². The van der Waals surface area contributed by atoms with Gasteiger partial charge in [-0.1, -0.05) is 18.2 Å². The Kier molecular flexibility index (Phi) is 4.40. The summed E-state index contributed by atoms with van der Waals surface area (Å²) in [7, 11) is 0. The number of esters is 1. The lowest BCUT2D eigenvalue weighted by molar-refractivity contribution is -0.141. The largest absolute Gasteiger partial charge is 0.465 e. The highest BCUT2D eigenvalue weighted by Crippen LogP contribution is 2.16. The highest BCUT2D eigenvalue weighted by molar-refractivity contribution is 5.84. The number of anilines is 1. The Morgan fingerprint density at radius 3 is 2.75 bits per heavy atom. The van der Waals surface area contributed by atoms with E-state index < -0.39 is 0 Å². The normalized spacial score (nSPS) is 10.5. The summed E-state index contributed by atoms with van der Waals surface area (Å²) in [5, 5.41) is 1.50. The molecule has 0 aliphatic heterocycles. The Morgan fingerprint density at radius 2 is 2.05 bits per heavy atom. The second-order valence-corrected chi connectivity index (χ2v) is 4.39. The number of nitrogens with one attached hydrogen (secondary N) is 1. The minimum atomic E-state index is -0.302. The Hall–Kier alpha value is -2.30. The van der Waals surface area contributed by atoms with Gasteiger partial charge < -0.3 is 14.6 Å². The van der Waals surface area contributed by atoms with Crippen LogP contribution >= 0.6 is 0 Å². The number of aromatic amines is 1. The van der Waals surface area contributed by atoms with E-state index >= 15 is 0 Å². The van der Waals surface area contributed by atoms with E-state index in [0.717, 1.165) is 5.39 Å². The quantitative estimate of drug-likeness (QED) is 0.846. The zero-order chi connectivity index (χ0) is 14.5. The molecule has 2 rings (SSSR count). The molecule has 0 saturated carbocycles. The van der Waals surface area contributed by atoms with Crippen molar-refractivity contribution in [1.82, 2.24) is 4.98 Å². The molecule has 5 nitrogen and oxygen atoms in total. The summed E-state index contributed by atoms with van der Waals surface area (Å²) in [6.07, 6.45) is 0. The van der Waals surface area contributed by atoms with Crippen LogP contribution in [0.4, 0.5) is 5.82 Å². The molecule has 5 heteroatoms. The second kappa shape index (κ2) is 6.23. The molecule has 2 aromatic rings. The van der Waals surface area contributed by atoms with Gasteiger partial charge in [0.1, 0.15) is 12.4 Å². The van der Waals surface area contributed by atoms with Crippen molar-refractivity contribution >= 4 is 22.6 Å². The lowest BCUT2D eigenvalue weighted by Gasteiger charge is -2.21. The number of hydrogen-bond donors (Lipinski definition) is 1. The third-order valence-corrected chi connectivity index (χ3v) is 3.09. The first-order valence-corrected chi connectivity index (χ1v) is 6.68. The van der Waals surface area contributed by atoms with Gasteiger partial charge in [0, 0.05) is 11.9 Å². The summed E-state index contributed by atoms with van der Waals surface area (Å²) in [6.45, 7) is 4.77. The van der Waals surface area contributed by atoms with Gasteiger partial charge in [0.05, 0.1) is 6.61 Å². The number of rotatable bonds is 5. The molecule has 0 radical (unpaired) electrons. The summed E-state index contributed by atoms with van der Waals surface area (Å²) in [6, 6.07) is 9.24. The predicted octanol–water partition coefficient (Wildman–Crippen LogP) is 1.92. The van der Waals surface area contributed by atoms with Crippen LogP contribution in [0.3, 0.4) is 0 Å². The minimum Gasteiger partial charge on any atom is -0.465 e. The number of carbonyl (C=O) groups is 1. The van der Waals surface area contributed by atoms with Gasteiger partial charge in [-0.25, -0.2) is 0 Å². The molecule has 0 spiro atoms. The number of carbonyl (C=O) groups excluding carboxylic acids is 1. The van der Waals surface area contributed by atoms with Gasteiger partial charge >= 0.3 is 5.97 Å². The second-order valence-electron chi connectivity index (χ2n) is 4.39. The van der Waals surface area contributed by atoms with Gasteiger partial charge in [0.25, 0.3) is 5.56 Å². The molecule has 0 amide bonds. The van der Waals surface area contributed by atoms with Crippen LogP contribution in [0, 0.1) is 0 Å². The lowest BCUT2D eigenvalue weighted by atomic mass is 10.2. The molecule has 1 heterocycles. The molecule has 0 aliphatic rings. The molecule has 1 aromatic heterocycles. The van der Waals surface area contributed by atoms with Crippen LogP contribution < -0.4 is 10.5 Å². The van der Waals surface area contributed by atoms with Crippen LogP contribution in [-0.2, 0) is 9.53 Å². The monoisotopic (exact) mass is 274 g/mol. The molecule has 106 valence electrons. The topological polar surface area (TPSA) is 62.4 Å². The number of nitrogens with zero attached hydrogens (tertiary/aromatic N) is 1. The summed E-state index contributed by atoms with van der Waals surface area (Å²) >= 11 is 0. The SMILES string of the molecule is CCOC(=O)CN(CC)c1cc2ccccc2c(=O)[nH]1. The molecule has 0 atom stereocenters. The van der Waals surface area contributed by atoms with Crippen molar-refractivity contribution in [3.05, 3.63) is 40.7 Å². The summed E-state index contributed by atoms with van der Waals surface area (Å²) in [4.78, 5) is 28.2. The Balaban J connectivity index is 2.35. The highest BCUT2D eigenvalue weighted by atomic mass is 16.5. The standard InChI is InChI=1S/C15H18N2O3/c1-3-17(10-14(18)20-4-2)13-9-11-7-5-6-8-12(11)15(19)16-13/h5-9H,3-4,10H2,1-2H3,(H,16,19). The maximum absolute atomic E-state index is 12.0. The van der Waals surface area contributed by atoms with E-state index in [2.05, 4.69) is 4.98 Å². The molecule has 0 fully saturated rings. The van der Waals surface area contributed by atoms with Crippen molar-refractivity contribution < 1.29 is 9.53 Å². The first-order valence-electron chi connectivity index (χ1n) is 6.68. The number of pyridine rings is 1. The van der Waals surface area contributed by atoms with Crippen molar-refractivity contribution in [2.75, 3.05) is 24.6 Å². The maximum atomic E-state index is 12.0. The van der Waals surface area contributed by atoms with Gasteiger partial charge in [0.2, 0.25) is 0 Å². The fourth-order valence-corrected chi connectivity index (χ4v) is 2.10. The summed E-state index contributed by atoms with van der Waals surface area (Å²) in [5.74, 6) is 0.326. The van der Waals surface area contributed by atoms with Crippen LogP contribution in [-0.4, -0.2) is 30.6 Å². The van der Waals surface area contributed by atoms with Gasteiger partial charge in [-0.15, -0.1) is 0 Å². The summed E-state index contributed by atoms with van der Waals surface area (Å²) < 4.78 is 4.94. The first-order chi connectivity index (χ1) is 9.65. The van der Waals surface area contributed by atoms with Crippen molar-refractivity contribution in [1.29, 1.82) is 0 Å². The number of likely N-dealkylation sites (N-methyl/N-ethyl adjacent to an activating group) is 1. The fourth-order valence-electron chi connectivity index (χ4n) is 2.10. The highest BCUT2D eigenvalue weighted by Gasteiger charge is 2.12. The zero-order valence-electron chi connectivity index (χ0n) is 11.7. The van der Waals surface area contributed by atoms with Gasteiger partial charge in [-0.3, -0.25) is 9.59 Å². The number of hydrogen-bond acceptors (Lipinski definition) is 4. The molecule has 0 saturated heterocycles. The number of benzene rings is 1. The fraction of sp³-hybridized carbons (Fsp3) is 0.333. The Labute approximate surface area is 117 Å². The maximum Gasteiger partial charge on any atom is 0.325 e. The van der Waals surface area contributed by atoms with E-state index in [9.17, 15) is 9.59 Å². The Bertz CT molecular complexity index is 663. The molecule has 1 N–H and O–H groups in total. The van der Waals surface area contributed by atoms with Crippen LogP contribution in [0.25, 0.3) is 10.8 Å². The molecule has 20 heavy (non-hydrogen) atoms. The number of ether oxygens (including phenoxy) is 1. The Morgan fingerprint density at radius 1 is 1.30 bits per heavy atom. The average molecular weight is 274 g/mol. The molecular weight excluding hydrogens is 256 g/mol. The van der Waals surface area contributed by atoms with E-state index in [-0.39, 0.29) is 18.1 Å². The van der Waals surface area contributed by atoms with E-state index in [1.807, 2.05) is 31.2 Å². The average Bonchev–Trinajstić information content (AvgIpc) is 2.45. The van der Waals surface area contributed by atoms with Crippen molar-refractivity contribution in [3.63, 3.8) is 0 Å². The van der Waals surface area contributed by atoms with Crippen LogP contribution in [0.15, 0.2) is 35.1 Å². The minimum absolute atomic E-state index is 0.124.